The van der Waals surface area contributed by atoms with Crippen LogP contribution in [0.15, 0.2) is 24.3 Å². The summed E-state index contributed by atoms with van der Waals surface area (Å²) in [6.45, 7) is 7.70. The molecule has 158 valence electrons. The second-order valence-corrected chi connectivity index (χ2v) is 8.14. The average Bonchev–Trinajstić information content (AvgIpc) is 2.66. The van der Waals surface area contributed by atoms with Crippen molar-refractivity contribution in [3.05, 3.63) is 29.8 Å². The highest BCUT2D eigenvalue weighted by Crippen LogP contribution is 2.43. The molecule has 1 aromatic rings. The number of nitrogens with zero attached hydrogens (tertiary/aromatic N) is 1. The molecule has 2 N–H and O–H groups in total. The van der Waals surface area contributed by atoms with Gasteiger partial charge in [-0.05, 0) is 17.7 Å². The number of benzene rings is 1. The summed E-state index contributed by atoms with van der Waals surface area (Å²) in [5.74, 6) is -0.978. The number of hydrogen-bond donors (Lipinski definition) is 2. The van der Waals surface area contributed by atoms with Crippen LogP contribution < -0.4 is 10.6 Å². The quantitative estimate of drug-likeness (QED) is 0.639. The Bertz CT molecular complexity index is 799. The van der Waals surface area contributed by atoms with Crippen molar-refractivity contribution in [1.82, 2.24) is 10.2 Å². The van der Waals surface area contributed by atoms with Crippen molar-refractivity contribution in [3.63, 3.8) is 0 Å². The van der Waals surface area contributed by atoms with Gasteiger partial charge < -0.3 is 15.4 Å². The van der Waals surface area contributed by atoms with Crippen LogP contribution in [0.4, 0.5) is 5.69 Å². The zero-order valence-corrected chi connectivity index (χ0v) is 17.6. The third kappa shape index (κ3) is 4.82. The Morgan fingerprint density at radius 2 is 1.62 bits per heavy atom. The first-order chi connectivity index (χ1) is 13.5. The molecule has 1 aromatic carbocycles. The molecule has 0 bridgehead atoms. The van der Waals surface area contributed by atoms with Crippen LogP contribution in [0.5, 0.6) is 0 Å². The Morgan fingerprint density at radius 3 is 2.10 bits per heavy atom. The van der Waals surface area contributed by atoms with Gasteiger partial charge in [-0.3, -0.25) is 24.1 Å². The maximum atomic E-state index is 12.9. The number of β-lactam (4-membered cyclic amide) rings is 1. The van der Waals surface area contributed by atoms with E-state index in [9.17, 15) is 19.2 Å². The lowest BCUT2D eigenvalue weighted by molar-refractivity contribution is -0.160. The molecule has 1 heterocycles. The van der Waals surface area contributed by atoms with Gasteiger partial charge >= 0.3 is 0 Å². The van der Waals surface area contributed by atoms with E-state index in [1.807, 2.05) is 39.8 Å². The second kappa shape index (κ2) is 8.73. The molecule has 8 heteroatoms. The van der Waals surface area contributed by atoms with Crippen LogP contribution in [0.1, 0.15) is 39.7 Å². The van der Waals surface area contributed by atoms with E-state index in [-0.39, 0.29) is 36.8 Å². The number of rotatable bonds is 8. The van der Waals surface area contributed by atoms with Crippen molar-refractivity contribution in [1.29, 1.82) is 0 Å². The monoisotopic (exact) mass is 403 g/mol. The maximum Gasteiger partial charge on any atom is 0.250 e. The van der Waals surface area contributed by atoms with E-state index in [0.29, 0.717) is 18.7 Å². The molecule has 1 fully saturated rings. The Labute approximate surface area is 171 Å². The molecule has 0 atom stereocenters. The molecule has 4 amide bonds. The molecule has 8 nitrogen and oxygen atoms in total. The van der Waals surface area contributed by atoms with Crippen molar-refractivity contribution >= 4 is 29.3 Å². The summed E-state index contributed by atoms with van der Waals surface area (Å²) < 4.78 is 5.02. The van der Waals surface area contributed by atoms with Gasteiger partial charge in [-0.1, -0.05) is 39.8 Å². The zero-order chi connectivity index (χ0) is 21.8. The standard InChI is InChI=1S/C21H29N3O5/c1-20(2,21(3,4)19(28)24-11-10-18(24)27)14-6-8-15(9-7-14)23-17(26)13-29-12-16(25)22-5/h6-9H,10-13H2,1-5H3,(H,22,25)(H,23,26). The van der Waals surface area contributed by atoms with E-state index < -0.39 is 10.8 Å². The van der Waals surface area contributed by atoms with Crippen LogP contribution in [0.2, 0.25) is 0 Å². The molecule has 0 saturated carbocycles. The Kier molecular flexibility index (Phi) is 6.79. The van der Waals surface area contributed by atoms with Crippen molar-refractivity contribution in [2.75, 3.05) is 32.1 Å². The lowest BCUT2D eigenvalue weighted by Gasteiger charge is -2.45. The van der Waals surface area contributed by atoms with Crippen LogP contribution in [-0.4, -0.2) is 55.3 Å². The summed E-state index contributed by atoms with van der Waals surface area (Å²) in [7, 11) is 1.49. The summed E-state index contributed by atoms with van der Waals surface area (Å²) in [6.07, 6.45) is 0.420. The third-order valence-corrected chi connectivity index (χ3v) is 5.83. The first-order valence-electron chi connectivity index (χ1n) is 9.54. The van der Waals surface area contributed by atoms with Crippen LogP contribution in [-0.2, 0) is 29.3 Å². The van der Waals surface area contributed by atoms with Gasteiger partial charge in [-0.2, -0.15) is 0 Å². The van der Waals surface area contributed by atoms with E-state index >= 15 is 0 Å². The summed E-state index contributed by atoms with van der Waals surface area (Å²) in [6, 6.07) is 7.22. The number of imide groups is 1. The first-order valence-corrected chi connectivity index (χ1v) is 9.54. The predicted octanol–water partition coefficient (Wildman–Crippen LogP) is 1.45. The van der Waals surface area contributed by atoms with E-state index in [2.05, 4.69) is 10.6 Å². The van der Waals surface area contributed by atoms with Crippen LogP contribution >= 0.6 is 0 Å². The summed E-state index contributed by atoms with van der Waals surface area (Å²) >= 11 is 0. The largest absolute Gasteiger partial charge is 0.362 e. The lowest BCUT2D eigenvalue weighted by Crippen LogP contribution is -2.57. The Balaban J connectivity index is 2.02. The number of carbonyl (C=O) groups is 4. The van der Waals surface area contributed by atoms with Gasteiger partial charge in [0.25, 0.3) is 0 Å². The lowest BCUT2D eigenvalue weighted by atomic mass is 9.63. The fourth-order valence-electron chi connectivity index (χ4n) is 2.97. The summed E-state index contributed by atoms with van der Waals surface area (Å²) in [5, 5.41) is 5.10. The highest BCUT2D eigenvalue weighted by molar-refractivity contribution is 6.02. The molecular formula is C21H29N3O5. The van der Waals surface area contributed by atoms with Gasteiger partial charge in [0, 0.05) is 31.1 Å². The van der Waals surface area contributed by atoms with Gasteiger partial charge in [-0.25, -0.2) is 0 Å². The fourth-order valence-corrected chi connectivity index (χ4v) is 2.97. The number of likely N-dealkylation sites (N-methyl/N-ethyl adjacent to an activating group) is 1. The summed E-state index contributed by atoms with van der Waals surface area (Å²) in [4.78, 5) is 48.9. The SMILES string of the molecule is CNC(=O)COCC(=O)Nc1ccc(C(C)(C)C(C)(C)C(=O)N2CCC2=O)cc1. The number of likely N-dealkylation sites (tertiary alicyclic amines) is 1. The van der Waals surface area contributed by atoms with Crippen molar-refractivity contribution in [3.8, 4) is 0 Å². The molecule has 0 spiro atoms. The van der Waals surface area contributed by atoms with Crippen LogP contribution in [0.3, 0.4) is 0 Å². The minimum atomic E-state index is -0.790. The molecule has 0 aliphatic carbocycles. The summed E-state index contributed by atoms with van der Waals surface area (Å²) in [5.41, 5.74) is 0.165. The second-order valence-electron chi connectivity index (χ2n) is 8.14. The smallest absolute Gasteiger partial charge is 0.250 e. The van der Waals surface area contributed by atoms with Crippen LogP contribution in [0, 0.1) is 5.41 Å². The highest BCUT2D eigenvalue weighted by Gasteiger charge is 2.48. The molecule has 1 aliphatic rings. The molecular weight excluding hydrogens is 374 g/mol. The normalized spacial score (nSPS) is 14.2. The van der Waals surface area contributed by atoms with Gasteiger partial charge in [0.05, 0.1) is 5.41 Å². The topological polar surface area (TPSA) is 105 Å². The van der Waals surface area contributed by atoms with E-state index in [1.165, 1.54) is 11.9 Å². The predicted molar refractivity (Wildman–Crippen MR) is 108 cm³/mol. The molecule has 29 heavy (non-hydrogen) atoms. The van der Waals surface area contributed by atoms with Gasteiger partial charge in [0.1, 0.15) is 13.2 Å². The Morgan fingerprint density at radius 1 is 1.03 bits per heavy atom. The molecule has 2 rings (SSSR count). The van der Waals surface area contributed by atoms with Crippen molar-refractivity contribution in [2.24, 2.45) is 5.41 Å². The number of ether oxygens (including phenoxy) is 1. The zero-order valence-electron chi connectivity index (χ0n) is 17.6. The van der Waals surface area contributed by atoms with E-state index in [1.54, 1.807) is 12.1 Å². The Hall–Kier alpha value is -2.74. The maximum absolute atomic E-state index is 12.9. The van der Waals surface area contributed by atoms with E-state index in [4.69, 9.17) is 4.74 Å². The third-order valence-electron chi connectivity index (χ3n) is 5.83. The first kappa shape index (κ1) is 22.5. The van der Waals surface area contributed by atoms with Crippen LogP contribution in [0.25, 0.3) is 0 Å². The number of anilines is 1. The molecule has 0 radical (unpaired) electrons. The van der Waals surface area contributed by atoms with Gasteiger partial charge in [-0.15, -0.1) is 0 Å². The molecule has 1 saturated heterocycles. The molecule has 0 unspecified atom stereocenters. The number of carbonyl (C=O) groups excluding carboxylic acids is 4. The minimum absolute atomic E-state index is 0.129. The average molecular weight is 403 g/mol. The minimum Gasteiger partial charge on any atom is -0.362 e. The highest BCUT2D eigenvalue weighted by atomic mass is 16.5. The van der Waals surface area contributed by atoms with Gasteiger partial charge in [0.15, 0.2) is 0 Å². The van der Waals surface area contributed by atoms with Crippen molar-refractivity contribution in [2.45, 2.75) is 39.5 Å². The fraction of sp³-hybridized carbons (Fsp3) is 0.524. The number of nitrogens with one attached hydrogen (secondary N) is 2. The van der Waals surface area contributed by atoms with Gasteiger partial charge in [0.2, 0.25) is 23.6 Å². The van der Waals surface area contributed by atoms with Crippen molar-refractivity contribution < 1.29 is 23.9 Å². The number of amides is 4. The van der Waals surface area contributed by atoms with E-state index in [0.717, 1.165) is 5.56 Å². The molecule has 0 aromatic heterocycles. The molecule has 1 aliphatic heterocycles. The number of hydrogen-bond acceptors (Lipinski definition) is 5.